The van der Waals surface area contributed by atoms with Crippen molar-refractivity contribution >= 4 is 60.5 Å². The molecule has 0 saturated carbocycles. The van der Waals surface area contributed by atoms with Gasteiger partial charge in [0.1, 0.15) is 11.2 Å². The van der Waals surface area contributed by atoms with Gasteiger partial charge >= 0.3 is 0 Å². The van der Waals surface area contributed by atoms with Gasteiger partial charge in [0, 0.05) is 33.1 Å². The van der Waals surface area contributed by atoms with E-state index in [1.165, 1.54) is 60.6 Å². The van der Waals surface area contributed by atoms with Crippen LogP contribution in [0, 0.1) is 0 Å². The highest BCUT2D eigenvalue weighted by atomic mass is 16.3. The topological polar surface area (TPSA) is 16.4 Å². The molecule has 0 bridgehead atoms. The summed E-state index contributed by atoms with van der Waals surface area (Å²) < 4.78 is 6.27. The molecule has 0 saturated heterocycles. The number of furan rings is 1. The van der Waals surface area contributed by atoms with Crippen LogP contribution in [0.2, 0.25) is 0 Å². The Morgan fingerprint density at radius 2 is 1.00 bits per heavy atom. The molecule has 1 aliphatic rings. The molecule has 0 spiro atoms. The number of hydrogen-bond donors (Lipinski definition) is 0. The molecular formula is C53H37NO. The van der Waals surface area contributed by atoms with Crippen LogP contribution in [-0.4, -0.2) is 0 Å². The number of anilines is 3. The quantitative estimate of drug-likeness (QED) is 0.177. The van der Waals surface area contributed by atoms with E-state index in [2.05, 4.69) is 195 Å². The maximum atomic E-state index is 6.27. The highest BCUT2D eigenvalue weighted by Gasteiger charge is 2.39. The van der Waals surface area contributed by atoms with Gasteiger partial charge in [0.2, 0.25) is 0 Å². The largest absolute Gasteiger partial charge is 0.456 e. The Bertz CT molecular complexity index is 3110. The normalized spacial score (nSPS) is 13.1. The predicted molar refractivity (Wildman–Crippen MR) is 232 cm³/mol. The summed E-state index contributed by atoms with van der Waals surface area (Å²) >= 11 is 0. The van der Waals surface area contributed by atoms with Crippen LogP contribution in [0.3, 0.4) is 0 Å². The lowest BCUT2D eigenvalue weighted by Crippen LogP contribution is -2.16. The Labute approximate surface area is 320 Å². The summed E-state index contributed by atoms with van der Waals surface area (Å²) in [5, 5.41) is 7.35. The zero-order chi connectivity index (χ0) is 36.7. The van der Waals surface area contributed by atoms with Crippen LogP contribution in [-0.2, 0) is 5.41 Å². The number of fused-ring (bicyclic) bond motifs is 9. The second-order valence-electron chi connectivity index (χ2n) is 15.3. The third-order valence-corrected chi connectivity index (χ3v) is 11.8. The Morgan fingerprint density at radius 1 is 0.418 bits per heavy atom. The van der Waals surface area contributed by atoms with Gasteiger partial charge in [-0.25, -0.2) is 0 Å². The maximum Gasteiger partial charge on any atom is 0.136 e. The molecule has 55 heavy (non-hydrogen) atoms. The lowest BCUT2D eigenvalue weighted by Gasteiger charge is -2.30. The summed E-state index contributed by atoms with van der Waals surface area (Å²) in [5.74, 6) is 0. The molecule has 2 nitrogen and oxygen atoms in total. The molecule has 0 radical (unpaired) electrons. The van der Waals surface area contributed by atoms with Gasteiger partial charge in [-0.1, -0.05) is 153 Å². The molecular weight excluding hydrogens is 667 g/mol. The van der Waals surface area contributed by atoms with Crippen LogP contribution < -0.4 is 4.90 Å². The molecule has 0 unspecified atom stereocenters. The maximum absolute atomic E-state index is 6.27. The first-order valence-electron chi connectivity index (χ1n) is 19.1. The van der Waals surface area contributed by atoms with Crippen LogP contribution >= 0.6 is 0 Å². The first kappa shape index (κ1) is 31.6. The molecule has 10 aromatic rings. The first-order valence-corrected chi connectivity index (χ1v) is 19.1. The monoisotopic (exact) mass is 703 g/mol. The van der Waals surface area contributed by atoms with E-state index >= 15 is 0 Å². The average Bonchev–Trinajstić information content (AvgIpc) is 3.73. The third kappa shape index (κ3) is 4.88. The molecule has 0 N–H and O–H groups in total. The van der Waals surface area contributed by atoms with E-state index in [9.17, 15) is 0 Å². The highest BCUT2D eigenvalue weighted by Crippen LogP contribution is 2.56. The number of benzene rings is 9. The van der Waals surface area contributed by atoms with E-state index in [0.29, 0.717) is 0 Å². The molecule has 0 atom stereocenters. The van der Waals surface area contributed by atoms with Crippen molar-refractivity contribution in [3.63, 3.8) is 0 Å². The van der Waals surface area contributed by atoms with E-state index in [-0.39, 0.29) is 5.41 Å². The highest BCUT2D eigenvalue weighted by molar-refractivity contribution is 6.07. The van der Waals surface area contributed by atoms with Gasteiger partial charge in [-0.3, -0.25) is 0 Å². The third-order valence-electron chi connectivity index (χ3n) is 11.8. The Morgan fingerprint density at radius 3 is 1.80 bits per heavy atom. The standard InChI is InChI=1S/C53H37NO/c1-53(2)47-20-9-7-18-46(47)51-48(32-38-13-4-6-16-43(38)52(51)53)54(40-29-24-36(25-30-40)42-19-11-14-35-12-3-5-15-41(35)42)39-27-22-34(23-28-39)37-26-31-45-44-17-8-10-21-49(44)55-50(45)33-37/h3-33H,1-2H3. The van der Waals surface area contributed by atoms with Gasteiger partial charge in [0.05, 0.1) is 5.69 Å². The van der Waals surface area contributed by atoms with Crippen LogP contribution in [0.1, 0.15) is 25.0 Å². The van der Waals surface area contributed by atoms with Crippen molar-refractivity contribution in [1.29, 1.82) is 0 Å². The second kappa shape index (κ2) is 12.1. The summed E-state index contributed by atoms with van der Waals surface area (Å²) in [7, 11) is 0. The van der Waals surface area contributed by atoms with Gasteiger partial charge in [-0.05, 0) is 109 Å². The van der Waals surface area contributed by atoms with Crippen LogP contribution in [0.15, 0.2) is 192 Å². The SMILES string of the molecule is CC1(C)c2ccccc2-c2c(N(c3ccc(-c4ccc5c(c4)oc4ccccc45)cc3)c3ccc(-c4cccc5ccccc45)cc3)cc3ccccc3c21. The molecule has 1 aliphatic carbocycles. The molecule has 0 aliphatic heterocycles. The lowest BCUT2D eigenvalue weighted by molar-refractivity contribution is 0.666. The van der Waals surface area contributed by atoms with Gasteiger partial charge < -0.3 is 9.32 Å². The lowest BCUT2D eigenvalue weighted by atomic mass is 9.80. The molecule has 1 aromatic heterocycles. The van der Waals surface area contributed by atoms with Crippen molar-refractivity contribution in [3.05, 3.63) is 199 Å². The van der Waals surface area contributed by atoms with E-state index < -0.39 is 0 Å². The molecule has 11 rings (SSSR count). The Balaban J connectivity index is 1.10. The molecule has 0 fully saturated rings. The first-order chi connectivity index (χ1) is 27.0. The summed E-state index contributed by atoms with van der Waals surface area (Å²) in [6, 6.07) is 68.4. The van der Waals surface area contributed by atoms with Crippen molar-refractivity contribution < 1.29 is 4.42 Å². The van der Waals surface area contributed by atoms with E-state index in [1.54, 1.807) is 0 Å². The van der Waals surface area contributed by atoms with E-state index in [4.69, 9.17) is 4.42 Å². The minimum absolute atomic E-state index is 0.162. The van der Waals surface area contributed by atoms with Crippen LogP contribution in [0.25, 0.3) is 76.9 Å². The molecule has 9 aromatic carbocycles. The van der Waals surface area contributed by atoms with Gasteiger partial charge in [0.25, 0.3) is 0 Å². The Kier molecular flexibility index (Phi) is 6.93. The van der Waals surface area contributed by atoms with E-state index in [0.717, 1.165) is 44.4 Å². The zero-order valence-electron chi connectivity index (χ0n) is 30.8. The average molecular weight is 704 g/mol. The van der Waals surface area contributed by atoms with Gasteiger partial charge in [-0.2, -0.15) is 0 Å². The zero-order valence-corrected chi connectivity index (χ0v) is 30.8. The Hall–Kier alpha value is -6.90. The molecule has 1 heterocycles. The van der Waals surface area contributed by atoms with Crippen molar-refractivity contribution in [2.45, 2.75) is 19.3 Å². The van der Waals surface area contributed by atoms with Gasteiger partial charge in [-0.15, -0.1) is 0 Å². The van der Waals surface area contributed by atoms with E-state index in [1.807, 2.05) is 12.1 Å². The second-order valence-corrected chi connectivity index (χ2v) is 15.3. The summed E-state index contributed by atoms with van der Waals surface area (Å²) in [5.41, 5.74) is 15.1. The number of nitrogens with zero attached hydrogens (tertiary/aromatic N) is 1. The smallest absolute Gasteiger partial charge is 0.136 e. The van der Waals surface area contributed by atoms with Crippen LogP contribution in [0.4, 0.5) is 17.1 Å². The number of para-hydroxylation sites is 1. The number of hydrogen-bond acceptors (Lipinski definition) is 2. The fraction of sp³-hybridized carbons (Fsp3) is 0.0566. The molecule has 2 heteroatoms. The predicted octanol–water partition coefficient (Wildman–Crippen LogP) is 15.0. The van der Waals surface area contributed by atoms with Crippen molar-refractivity contribution in [2.24, 2.45) is 0 Å². The molecule has 0 amide bonds. The van der Waals surface area contributed by atoms with Crippen molar-refractivity contribution in [3.8, 4) is 33.4 Å². The fourth-order valence-electron chi connectivity index (χ4n) is 9.21. The number of rotatable bonds is 5. The summed E-state index contributed by atoms with van der Waals surface area (Å²) in [4.78, 5) is 2.46. The van der Waals surface area contributed by atoms with Crippen molar-refractivity contribution in [1.82, 2.24) is 0 Å². The minimum Gasteiger partial charge on any atom is -0.456 e. The van der Waals surface area contributed by atoms with Crippen LogP contribution in [0.5, 0.6) is 0 Å². The fourth-order valence-corrected chi connectivity index (χ4v) is 9.21. The summed E-state index contributed by atoms with van der Waals surface area (Å²) in [6.45, 7) is 4.76. The summed E-state index contributed by atoms with van der Waals surface area (Å²) in [6.07, 6.45) is 0. The van der Waals surface area contributed by atoms with Gasteiger partial charge in [0.15, 0.2) is 0 Å². The minimum atomic E-state index is -0.162. The van der Waals surface area contributed by atoms with Crippen molar-refractivity contribution in [2.75, 3.05) is 4.90 Å². The molecule has 260 valence electrons.